The molecule has 4 heterocycles. The normalized spacial score (nSPS) is 14.7. The molecule has 2 aromatic heterocycles. The van der Waals surface area contributed by atoms with Crippen molar-refractivity contribution in [3.05, 3.63) is 305 Å². The standard InChI is InChI=1S/C116H127BN4/c1-108(2,3)70-72-56-89(74-36-32-40-78(60-74)110(7,8)9)106(90(57-72)75-37-33-41-79(61-75)111(10,11)12)120-101-68-85(118-97-46-30-28-44-87(97)93-64-82(114(19,20)21)48-54-99(93)118)50-52-95(101)117-96-53-51-86(119-98-47-31-29-45-88(98)94-65-83(115(22,23)24)49-55-100(94)119)69-102(96)121(104-67-84(116(25,26)27)66-103(120)105(104)117)107-91(76-38-34-42-80(62-76)112(13,14)15)58-73(71-109(4,5)6)59-92(107)77-39-35-43-81(63-77)113(16,17)18/h28-69H,70-71H2,1-27H3/i28D,29D,30D,31D,44D,45D,46D,47D. The third-order valence-electron chi connectivity index (χ3n) is 25.4. The van der Waals surface area contributed by atoms with Gasteiger partial charge in [-0.25, -0.2) is 0 Å². The van der Waals surface area contributed by atoms with Gasteiger partial charge in [0.2, 0.25) is 0 Å². The summed E-state index contributed by atoms with van der Waals surface area (Å²) in [6.07, 6.45) is 1.55. The second-order valence-electron chi connectivity index (χ2n) is 44.7. The van der Waals surface area contributed by atoms with Crippen LogP contribution in [0.2, 0.25) is 0 Å². The summed E-state index contributed by atoms with van der Waals surface area (Å²) in [6, 6.07) is 76.9. The molecule has 0 saturated heterocycles. The third kappa shape index (κ3) is 15.2. The summed E-state index contributed by atoms with van der Waals surface area (Å²) in [5, 5.41) is 2.41. The number of aromatic nitrogens is 2. The first-order chi connectivity index (χ1) is 60.0. The highest BCUT2D eigenvalue weighted by atomic mass is 15.2. The van der Waals surface area contributed by atoms with E-state index in [1.807, 2.05) is 0 Å². The van der Waals surface area contributed by atoms with Gasteiger partial charge in [-0.2, -0.15) is 0 Å². The van der Waals surface area contributed by atoms with Crippen LogP contribution in [0, 0.1) is 10.8 Å². The van der Waals surface area contributed by atoms with E-state index in [0.717, 1.165) is 158 Å². The van der Waals surface area contributed by atoms with E-state index in [2.05, 4.69) is 412 Å². The molecule has 2 aliphatic heterocycles. The number of nitrogens with zero attached hydrogens (tertiary/aromatic N) is 4. The van der Waals surface area contributed by atoms with Crippen LogP contribution in [0.4, 0.5) is 34.1 Å². The van der Waals surface area contributed by atoms with Crippen LogP contribution >= 0.6 is 0 Å². The largest absolute Gasteiger partial charge is 0.310 e. The minimum absolute atomic E-state index is 0.0891. The Bertz CT molecular complexity index is 6600. The van der Waals surface area contributed by atoms with E-state index in [1.54, 1.807) is 0 Å². The zero-order valence-corrected chi connectivity index (χ0v) is 76.9. The van der Waals surface area contributed by atoms with Crippen molar-refractivity contribution in [2.75, 3.05) is 9.80 Å². The third-order valence-corrected chi connectivity index (χ3v) is 25.4. The van der Waals surface area contributed by atoms with E-state index in [1.165, 1.54) is 33.4 Å². The minimum Gasteiger partial charge on any atom is -0.310 e. The molecule has 0 saturated carbocycles. The van der Waals surface area contributed by atoms with Crippen LogP contribution in [0.1, 0.15) is 248 Å². The lowest BCUT2D eigenvalue weighted by Gasteiger charge is -2.46. The maximum Gasteiger partial charge on any atom is 0.252 e. The van der Waals surface area contributed by atoms with Gasteiger partial charge in [0.25, 0.3) is 6.71 Å². The molecule has 5 heteroatoms. The Kier molecular flexibility index (Phi) is 17.4. The average molecular weight is 1600 g/mol. The highest BCUT2D eigenvalue weighted by Crippen LogP contribution is 2.57. The first-order valence-electron chi connectivity index (χ1n) is 47.9. The fraction of sp³-hybridized carbons (Fsp3) is 0.328. The van der Waals surface area contributed by atoms with Gasteiger partial charge in [0.05, 0.1) is 44.4 Å². The summed E-state index contributed by atoms with van der Waals surface area (Å²) in [5.41, 5.74) is 29.0. The molecule has 0 fully saturated rings. The average Bonchev–Trinajstić information content (AvgIpc) is 1.24. The van der Waals surface area contributed by atoms with Gasteiger partial charge in [-0.15, -0.1) is 0 Å². The van der Waals surface area contributed by atoms with Crippen LogP contribution in [0.25, 0.3) is 99.5 Å². The molecule has 0 N–H and O–H groups in total. The van der Waals surface area contributed by atoms with Crippen molar-refractivity contribution in [2.45, 2.75) is 238 Å². The Hall–Kier alpha value is -10.9. The highest BCUT2D eigenvalue weighted by Gasteiger charge is 2.47. The molecule has 0 radical (unpaired) electrons. The molecular formula is C116H127BN4. The van der Waals surface area contributed by atoms with Crippen LogP contribution in [0.15, 0.2) is 255 Å². The van der Waals surface area contributed by atoms with Crippen molar-refractivity contribution in [3.8, 4) is 55.9 Å². The Labute approximate surface area is 735 Å². The number of fused-ring (bicyclic) bond motifs is 10. The van der Waals surface area contributed by atoms with Crippen LogP contribution in [-0.4, -0.2) is 15.8 Å². The maximum absolute atomic E-state index is 10.2. The van der Waals surface area contributed by atoms with Crippen molar-refractivity contribution in [2.24, 2.45) is 10.8 Å². The first-order valence-corrected chi connectivity index (χ1v) is 43.9. The molecule has 121 heavy (non-hydrogen) atoms. The zero-order chi connectivity index (χ0) is 93.2. The van der Waals surface area contributed by atoms with Crippen molar-refractivity contribution >= 4 is 101 Å². The lowest BCUT2D eigenvalue weighted by molar-refractivity contribution is 0.411. The van der Waals surface area contributed by atoms with Crippen molar-refractivity contribution in [1.29, 1.82) is 0 Å². The van der Waals surface area contributed by atoms with E-state index in [9.17, 15) is 11.0 Å². The zero-order valence-electron chi connectivity index (χ0n) is 84.9. The number of benzene rings is 13. The van der Waals surface area contributed by atoms with E-state index in [4.69, 9.17) is 0 Å². The molecular weight excluding hydrogens is 1460 g/mol. The Balaban J connectivity index is 1.13. The molecule has 4 nitrogen and oxygen atoms in total. The Morgan fingerprint density at radius 3 is 0.860 bits per heavy atom. The predicted molar refractivity (Wildman–Crippen MR) is 528 cm³/mol. The van der Waals surface area contributed by atoms with Gasteiger partial charge in [0.15, 0.2) is 0 Å². The van der Waals surface area contributed by atoms with E-state index >= 15 is 0 Å². The van der Waals surface area contributed by atoms with Crippen molar-refractivity contribution in [1.82, 2.24) is 9.13 Å². The molecule has 13 aromatic carbocycles. The summed E-state index contributed by atoms with van der Waals surface area (Å²) < 4.78 is 82.6. The molecule has 614 valence electrons. The van der Waals surface area contributed by atoms with Gasteiger partial charge >= 0.3 is 0 Å². The Morgan fingerprint density at radius 1 is 0.264 bits per heavy atom. The van der Waals surface area contributed by atoms with E-state index in [-0.39, 0.29) is 91.7 Å². The molecule has 0 bridgehead atoms. The SMILES string of the molecule is [2H]c1c([2H])c([2H])c2c(c1[2H])c1cc(C(C)(C)C)ccc1n2-c1ccc2c(c1)N(c1c(-c3cccc(C(C)(C)C)c3)cc(CC(C)(C)C)cc1-c1cccc(C(C)(C)C)c1)c1cc(C(C)(C)C)cc3c1B2c1ccc(-n2c4ccc(C(C)(C)C)cc4c4c([2H])c([2H])c([2H])c([2H])c42)cc1N3c1c(-c2cccc(C(C)(C)C)c2)cc(CC(C)(C)C)cc1-c1cccc(C(C)(C)C)c1. The molecule has 17 rings (SSSR count). The summed E-state index contributed by atoms with van der Waals surface area (Å²) in [7, 11) is 0. The highest BCUT2D eigenvalue weighted by molar-refractivity contribution is 7.00. The van der Waals surface area contributed by atoms with Crippen molar-refractivity contribution < 1.29 is 11.0 Å². The molecule has 0 aliphatic carbocycles. The quantitative estimate of drug-likeness (QED) is 0.127. The molecule has 0 amide bonds. The molecule has 0 spiro atoms. The number of para-hydroxylation sites is 2. The van der Waals surface area contributed by atoms with Crippen LogP contribution in [0.3, 0.4) is 0 Å². The van der Waals surface area contributed by atoms with Gasteiger partial charge in [-0.1, -0.05) is 345 Å². The lowest BCUT2D eigenvalue weighted by Crippen LogP contribution is -2.61. The predicted octanol–water partition coefficient (Wildman–Crippen LogP) is 30.9. The fourth-order valence-electron chi connectivity index (χ4n) is 18.9. The van der Waals surface area contributed by atoms with Gasteiger partial charge in [-0.05, 0) is 247 Å². The van der Waals surface area contributed by atoms with Crippen LogP contribution < -0.4 is 26.2 Å². The van der Waals surface area contributed by atoms with Crippen LogP contribution in [0.5, 0.6) is 0 Å². The summed E-state index contributed by atoms with van der Waals surface area (Å²) in [5.74, 6) is 0. The summed E-state index contributed by atoms with van der Waals surface area (Å²) in [4.78, 5) is 5.26. The van der Waals surface area contributed by atoms with Gasteiger partial charge in [0, 0.05) is 77.9 Å². The van der Waals surface area contributed by atoms with Gasteiger partial charge in [0.1, 0.15) is 0 Å². The van der Waals surface area contributed by atoms with Gasteiger partial charge < -0.3 is 18.9 Å². The smallest absolute Gasteiger partial charge is 0.252 e. The molecule has 0 unspecified atom stereocenters. The number of rotatable bonds is 10. The molecule has 0 atom stereocenters. The second-order valence-corrected chi connectivity index (χ2v) is 44.7. The second kappa shape index (κ2) is 28.9. The number of hydrogen-bond donors (Lipinski definition) is 0. The monoisotopic (exact) mass is 1600 g/mol. The van der Waals surface area contributed by atoms with Crippen LogP contribution in [-0.2, 0) is 50.7 Å². The Morgan fingerprint density at radius 2 is 0.562 bits per heavy atom. The van der Waals surface area contributed by atoms with E-state index in [0.29, 0.717) is 21.8 Å². The number of anilines is 6. The maximum atomic E-state index is 10.2. The van der Waals surface area contributed by atoms with E-state index < -0.39 is 12.1 Å². The van der Waals surface area contributed by atoms with Crippen molar-refractivity contribution in [3.63, 3.8) is 0 Å². The lowest BCUT2D eigenvalue weighted by atomic mass is 9.33. The first kappa shape index (κ1) is 72.9. The summed E-state index contributed by atoms with van der Waals surface area (Å²) in [6.45, 7) is 61.2. The minimum atomic E-state index is -0.541. The topological polar surface area (TPSA) is 16.3 Å². The summed E-state index contributed by atoms with van der Waals surface area (Å²) >= 11 is 0. The molecule has 15 aromatic rings. The molecule has 2 aliphatic rings. The number of hydrogen-bond acceptors (Lipinski definition) is 2. The fourth-order valence-corrected chi connectivity index (χ4v) is 18.9. The van der Waals surface area contributed by atoms with Gasteiger partial charge in [-0.3, -0.25) is 0 Å².